The van der Waals surface area contributed by atoms with Crippen LogP contribution in [0, 0.1) is 34.0 Å². The van der Waals surface area contributed by atoms with Gasteiger partial charge >= 0.3 is 0 Å². The van der Waals surface area contributed by atoms with Crippen LogP contribution in [0.5, 0.6) is 0 Å². The average Bonchev–Trinajstić information content (AvgIpc) is 3.31. The number of fused-ring (bicyclic) bond motifs is 7. The number of hydrogen-bond acceptors (Lipinski definition) is 5. The van der Waals surface area contributed by atoms with Crippen LogP contribution in [0.15, 0.2) is 115 Å². The standard InChI is InChI=1S/C40H21N5/c41-20-23-15-16-27-30(17-23)36-31-19-29(26(21-42)18-34(31)40(36)33-14-8-7-13-28(33)35(27)40)39-44-37(24-9-3-1-4-10-24)32(22-43)38(45-39)25-11-5-2-6-12-25/h1-19,35-36H. The molecular formula is C40H21N5. The lowest BCUT2D eigenvalue weighted by Gasteiger charge is -2.58. The van der Waals surface area contributed by atoms with Gasteiger partial charge in [0, 0.05) is 33.9 Å². The maximum Gasteiger partial charge on any atom is 0.161 e. The first-order valence-electron chi connectivity index (χ1n) is 14.8. The number of benzene rings is 5. The molecule has 5 nitrogen and oxygen atoms in total. The summed E-state index contributed by atoms with van der Waals surface area (Å²) in [7, 11) is 0. The molecule has 6 aromatic rings. The summed E-state index contributed by atoms with van der Waals surface area (Å²) in [6.07, 6.45) is 0. The molecule has 3 unspecified atom stereocenters. The average molecular weight is 572 g/mol. The molecular weight excluding hydrogens is 550 g/mol. The van der Waals surface area contributed by atoms with E-state index in [2.05, 4.69) is 54.6 Å². The second-order valence-electron chi connectivity index (χ2n) is 11.8. The fourth-order valence-corrected chi connectivity index (χ4v) is 8.17. The third kappa shape index (κ3) is 3.13. The molecule has 0 saturated carbocycles. The summed E-state index contributed by atoms with van der Waals surface area (Å²) in [5.41, 5.74) is 11.9. The van der Waals surface area contributed by atoms with Crippen molar-refractivity contribution < 1.29 is 0 Å². The van der Waals surface area contributed by atoms with Gasteiger partial charge in [-0.2, -0.15) is 15.8 Å². The molecule has 1 aromatic heterocycles. The Morgan fingerprint density at radius 1 is 0.533 bits per heavy atom. The zero-order valence-electron chi connectivity index (χ0n) is 23.9. The van der Waals surface area contributed by atoms with Gasteiger partial charge in [0.25, 0.3) is 0 Å². The molecule has 0 saturated heterocycles. The Hall–Kier alpha value is -6.35. The Balaban J connectivity index is 1.31. The minimum Gasteiger partial charge on any atom is -0.227 e. The van der Waals surface area contributed by atoms with E-state index in [1.54, 1.807) is 0 Å². The lowest BCUT2D eigenvalue weighted by Crippen LogP contribution is -2.52. The van der Waals surface area contributed by atoms with Crippen molar-refractivity contribution in [3.63, 3.8) is 0 Å². The largest absolute Gasteiger partial charge is 0.227 e. The van der Waals surface area contributed by atoms with Crippen molar-refractivity contribution in [1.29, 1.82) is 15.8 Å². The van der Waals surface area contributed by atoms with Crippen molar-refractivity contribution in [3.8, 4) is 52.1 Å². The number of hydrogen-bond donors (Lipinski definition) is 0. The van der Waals surface area contributed by atoms with Crippen LogP contribution in [0.3, 0.4) is 0 Å². The Kier molecular flexibility index (Phi) is 5.08. The van der Waals surface area contributed by atoms with Gasteiger partial charge in [-0.3, -0.25) is 0 Å². The van der Waals surface area contributed by atoms with Gasteiger partial charge < -0.3 is 0 Å². The maximum absolute atomic E-state index is 10.5. The van der Waals surface area contributed by atoms with E-state index in [-0.39, 0.29) is 17.3 Å². The minimum absolute atomic E-state index is 0.0581. The highest BCUT2D eigenvalue weighted by Gasteiger charge is 2.69. The van der Waals surface area contributed by atoms with Crippen LogP contribution in [-0.2, 0) is 5.41 Å². The highest BCUT2D eigenvalue weighted by molar-refractivity contribution is 5.85. The molecule has 0 amide bonds. The number of rotatable bonds is 3. The predicted octanol–water partition coefficient (Wildman–Crippen LogP) is 7.98. The van der Waals surface area contributed by atoms with E-state index in [9.17, 15) is 15.8 Å². The Bertz CT molecular complexity index is 2310. The van der Waals surface area contributed by atoms with E-state index < -0.39 is 0 Å². The van der Waals surface area contributed by atoms with Crippen LogP contribution in [0.1, 0.15) is 61.9 Å². The normalized spacial score (nSPS) is 19.1. The lowest BCUT2D eigenvalue weighted by molar-refractivity contribution is 0.332. The van der Waals surface area contributed by atoms with Crippen molar-refractivity contribution in [2.24, 2.45) is 0 Å². The molecule has 3 aliphatic rings. The lowest BCUT2D eigenvalue weighted by atomic mass is 9.43. The molecule has 206 valence electrons. The summed E-state index contributed by atoms with van der Waals surface area (Å²) < 4.78 is 0. The molecule has 0 radical (unpaired) electrons. The Morgan fingerprint density at radius 2 is 1.18 bits per heavy atom. The number of nitrogens with zero attached hydrogens (tertiary/aromatic N) is 5. The van der Waals surface area contributed by atoms with Gasteiger partial charge in [-0.25, -0.2) is 9.97 Å². The van der Waals surface area contributed by atoms with Crippen molar-refractivity contribution in [3.05, 3.63) is 165 Å². The molecule has 0 N–H and O–H groups in total. The molecule has 3 atom stereocenters. The highest BCUT2D eigenvalue weighted by atomic mass is 14.9. The molecule has 1 spiro atoms. The number of nitriles is 3. The van der Waals surface area contributed by atoms with Crippen LogP contribution in [0.25, 0.3) is 33.9 Å². The molecule has 9 rings (SSSR count). The molecule has 1 heterocycles. The Labute approximate surface area is 260 Å². The monoisotopic (exact) mass is 571 g/mol. The first kappa shape index (κ1) is 25.2. The van der Waals surface area contributed by atoms with Crippen LogP contribution in [-0.4, -0.2) is 9.97 Å². The van der Waals surface area contributed by atoms with Crippen LogP contribution in [0.2, 0.25) is 0 Å². The summed E-state index contributed by atoms with van der Waals surface area (Å²) in [6.45, 7) is 0. The van der Waals surface area contributed by atoms with Gasteiger partial charge in [-0.1, -0.05) is 91.0 Å². The van der Waals surface area contributed by atoms with Crippen molar-refractivity contribution in [1.82, 2.24) is 9.97 Å². The van der Waals surface area contributed by atoms with E-state index in [1.165, 1.54) is 22.3 Å². The topological polar surface area (TPSA) is 97.2 Å². The predicted molar refractivity (Wildman–Crippen MR) is 170 cm³/mol. The summed E-state index contributed by atoms with van der Waals surface area (Å²) >= 11 is 0. The van der Waals surface area contributed by atoms with Gasteiger partial charge in [0.15, 0.2) is 5.82 Å². The highest BCUT2D eigenvalue weighted by Crippen LogP contribution is 2.77. The zero-order chi connectivity index (χ0) is 30.3. The summed E-state index contributed by atoms with van der Waals surface area (Å²) in [4.78, 5) is 9.97. The summed E-state index contributed by atoms with van der Waals surface area (Å²) in [6, 6.07) is 45.2. The molecule has 5 heteroatoms. The first-order valence-corrected chi connectivity index (χ1v) is 14.8. The molecule has 0 fully saturated rings. The van der Waals surface area contributed by atoms with E-state index in [0.29, 0.717) is 39.5 Å². The van der Waals surface area contributed by atoms with Gasteiger partial charge in [-0.15, -0.1) is 0 Å². The third-order valence-corrected chi connectivity index (χ3v) is 9.89. The quantitative estimate of drug-likeness (QED) is 0.214. The van der Waals surface area contributed by atoms with Gasteiger partial charge in [0.05, 0.1) is 34.7 Å². The van der Waals surface area contributed by atoms with E-state index in [4.69, 9.17) is 9.97 Å². The molecule has 0 aliphatic heterocycles. The van der Waals surface area contributed by atoms with Crippen LogP contribution in [0.4, 0.5) is 0 Å². The van der Waals surface area contributed by atoms with Crippen molar-refractivity contribution >= 4 is 0 Å². The van der Waals surface area contributed by atoms with Crippen molar-refractivity contribution in [2.75, 3.05) is 0 Å². The second kappa shape index (κ2) is 9.08. The van der Waals surface area contributed by atoms with E-state index in [1.807, 2.05) is 78.9 Å². The second-order valence-corrected chi connectivity index (χ2v) is 11.8. The van der Waals surface area contributed by atoms with Gasteiger partial charge in [0.2, 0.25) is 0 Å². The summed E-state index contributed by atoms with van der Waals surface area (Å²) in [5, 5.41) is 30.7. The summed E-state index contributed by atoms with van der Waals surface area (Å²) in [5.74, 6) is 0.649. The molecule has 5 aromatic carbocycles. The maximum atomic E-state index is 10.5. The van der Waals surface area contributed by atoms with Crippen LogP contribution >= 0.6 is 0 Å². The SMILES string of the molecule is N#Cc1ccc2c(c1)C1c3cc(-c4nc(-c5ccccc5)c(C#N)c(-c5ccccc5)n4)c(C#N)cc3C13c1ccccc1C23. The Morgan fingerprint density at radius 3 is 1.82 bits per heavy atom. The smallest absolute Gasteiger partial charge is 0.161 e. The third-order valence-electron chi connectivity index (χ3n) is 9.89. The molecule has 0 bridgehead atoms. The van der Waals surface area contributed by atoms with Gasteiger partial charge in [0.1, 0.15) is 11.6 Å². The van der Waals surface area contributed by atoms with Crippen molar-refractivity contribution in [2.45, 2.75) is 17.3 Å². The fourth-order valence-electron chi connectivity index (χ4n) is 8.17. The minimum atomic E-state index is -0.248. The molecule has 3 aliphatic carbocycles. The van der Waals surface area contributed by atoms with Crippen LogP contribution < -0.4 is 0 Å². The first-order chi connectivity index (χ1) is 22.2. The van der Waals surface area contributed by atoms with E-state index >= 15 is 0 Å². The zero-order valence-corrected chi connectivity index (χ0v) is 23.9. The number of aromatic nitrogens is 2. The fraction of sp³-hybridized carbons (Fsp3) is 0.0750. The van der Waals surface area contributed by atoms with E-state index in [0.717, 1.165) is 22.3 Å². The van der Waals surface area contributed by atoms with Gasteiger partial charge in [-0.05, 0) is 57.6 Å². The molecule has 45 heavy (non-hydrogen) atoms.